The van der Waals surface area contributed by atoms with Crippen molar-refractivity contribution in [1.29, 1.82) is 0 Å². The first-order valence-electron chi connectivity index (χ1n) is 7.70. The first kappa shape index (κ1) is 14.2. The maximum atomic E-state index is 6.06. The van der Waals surface area contributed by atoms with E-state index in [1.807, 2.05) is 0 Å². The van der Waals surface area contributed by atoms with Crippen molar-refractivity contribution in [1.82, 2.24) is 4.90 Å². The van der Waals surface area contributed by atoms with E-state index >= 15 is 0 Å². The molecule has 2 heterocycles. The molecular formula is C16H25N3S. The van der Waals surface area contributed by atoms with Crippen LogP contribution in [-0.2, 0) is 0 Å². The average Bonchev–Trinajstić information content (AvgIpc) is 3.04. The third-order valence-corrected chi connectivity index (χ3v) is 5.84. The Labute approximate surface area is 126 Å². The fraction of sp³-hybridized carbons (Fsp3) is 0.625. The SMILES string of the molecule is NCC(C1CCSC1)N1CCN(c2ccccc2)CC1. The largest absolute Gasteiger partial charge is 0.369 e. The number of rotatable bonds is 4. The van der Waals surface area contributed by atoms with Crippen molar-refractivity contribution in [3.05, 3.63) is 30.3 Å². The van der Waals surface area contributed by atoms with E-state index in [2.05, 4.69) is 51.9 Å². The highest BCUT2D eigenvalue weighted by molar-refractivity contribution is 7.99. The summed E-state index contributed by atoms with van der Waals surface area (Å²) in [6.45, 7) is 5.37. The van der Waals surface area contributed by atoms with Gasteiger partial charge >= 0.3 is 0 Å². The lowest BCUT2D eigenvalue weighted by molar-refractivity contribution is 0.146. The molecule has 2 fully saturated rings. The minimum Gasteiger partial charge on any atom is -0.369 e. The Morgan fingerprint density at radius 3 is 2.50 bits per heavy atom. The lowest BCUT2D eigenvalue weighted by atomic mass is 9.97. The number of hydrogen-bond donors (Lipinski definition) is 1. The summed E-state index contributed by atoms with van der Waals surface area (Å²) in [5, 5.41) is 0. The lowest BCUT2D eigenvalue weighted by Crippen LogP contribution is -2.54. The minimum absolute atomic E-state index is 0.600. The third kappa shape index (κ3) is 3.13. The maximum Gasteiger partial charge on any atom is 0.0367 e. The predicted molar refractivity (Wildman–Crippen MR) is 88.5 cm³/mol. The second-order valence-corrected chi connectivity index (χ2v) is 6.94. The Bertz CT molecular complexity index is 397. The van der Waals surface area contributed by atoms with Gasteiger partial charge in [-0.1, -0.05) is 18.2 Å². The minimum atomic E-state index is 0.600. The second-order valence-electron chi connectivity index (χ2n) is 5.79. The van der Waals surface area contributed by atoms with Gasteiger partial charge in [0.1, 0.15) is 0 Å². The van der Waals surface area contributed by atoms with Crippen LogP contribution in [0.15, 0.2) is 30.3 Å². The van der Waals surface area contributed by atoms with E-state index in [4.69, 9.17) is 5.73 Å². The first-order valence-corrected chi connectivity index (χ1v) is 8.86. The van der Waals surface area contributed by atoms with Crippen molar-refractivity contribution in [2.75, 3.05) is 49.1 Å². The van der Waals surface area contributed by atoms with Crippen LogP contribution in [-0.4, -0.2) is 55.2 Å². The molecule has 0 aromatic heterocycles. The van der Waals surface area contributed by atoms with E-state index < -0.39 is 0 Å². The van der Waals surface area contributed by atoms with Gasteiger partial charge in [0.2, 0.25) is 0 Å². The molecule has 110 valence electrons. The zero-order valence-corrected chi connectivity index (χ0v) is 12.9. The highest BCUT2D eigenvalue weighted by Crippen LogP contribution is 2.29. The number of benzene rings is 1. The van der Waals surface area contributed by atoms with Crippen molar-refractivity contribution in [2.45, 2.75) is 12.5 Å². The molecule has 1 aromatic rings. The van der Waals surface area contributed by atoms with Crippen LogP contribution in [0, 0.1) is 5.92 Å². The van der Waals surface area contributed by atoms with E-state index in [1.54, 1.807) is 0 Å². The molecule has 2 unspecified atom stereocenters. The highest BCUT2D eigenvalue weighted by atomic mass is 32.2. The topological polar surface area (TPSA) is 32.5 Å². The molecule has 0 aliphatic carbocycles. The second kappa shape index (κ2) is 6.83. The van der Waals surface area contributed by atoms with Gasteiger partial charge in [-0.25, -0.2) is 0 Å². The molecule has 0 saturated carbocycles. The number of nitrogens with two attached hydrogens (primary N) is 1. The normalized spacial score (nSPS) is 25.9. The molecule has 2 aliphatic rings. The smallest absolute Gasteiger partial charge is 0.0367 e. The molecular weight excluding hydrogens is 266 g/mol. The summed E-state index contributed by atoms with van der Waals surface area (Å²) in [7, 11) is 0. The summed E-state index contributed by atoms with van der Waals surface area (Å²) in [6.07, 6.45) is 1.35. The van der Waals surface area contributed by atoms with Crippen molar-refractivity contribution in [3.63, 3.8) is 0 Å². The monoisotopic (exact) mass is 291 g/mol. The first-order chi connectivity index (χ1) is 9.88. The molecule has 0 amide bonds. The van der Waals surface area contributed by atoms with E-state index in [0.717, 1.165) is 38.6 Å². The number of anilines is 1. The molecule has 0 spiro atoms. The number of thioether (sulfide) groups is 1. The van der Waals surface area contributed by atoms with Gasteiger partial charge < -0.3 is 10.6 Å². The molecule has 3 nitrogen and oxygen atoms in total. The molecule has 3 rings (SSSR count). The van der Waals surface area contributed by atoms with Crippen molar-refractivity contribution < 1.29 is 0 Å². The quantitative estimate of drug-likeness (QED) is 0.918. The number of para-hydroxylation sites is 1. The number of nitrogens with zero attached hydrogens (tertiary/aromatic N) is 2. The lowest BCUT2D eigenvalue weighted by Gasteiger charge is -2.41. The maximum absolute atomic E-state index is 6.06. The fourth-order valence-electron chi connectivity index (χ4n) is 3.45. The molecule has 2 atom stereocenters. The summed E-state index contributed by atoms with van der Waals surface area (Å²) >= 11 is 2.09. The Kier molecular flexibility index (Phi) is 4.86. The summed E-state index contributed by atoms with van der Waals surface area (Å²) in [5.74, 6) is 3.44. The van der Waals surface area contributed by atoms with Crippen molar-refractivity contribution >= 4 is 17.4 Å². The Balaban J connectivity index is 1.57. The molecule has 20 heavy (non-hydrogen) atoms. The summed E-state index contributed by atoms with van der Waals surface area (Å²) < 4.78 is 0. The van der Waals surface area contributed by atoms with Gasteiger partial charge in [-0.05, 0) is 36.0 Å². The highest BCUT2D eigenvalue weighted by Gasteiger charge is 2.31. The van der Waals surface area contributed by atoms with Gasteiger partial charge in [-0.3, -0.25) is 4.90 Å². The van der Waals surface area contributed by atoms with Crippen molar-refractivity contribution in [3.8, 4) is 0 Å². The zero-order valence-electron chi connectivity index (χ0n) is 12.1. The van der Waals surface area contributed by atoms with Gasteiger partial charge in [0.25, 0.3) is 0 Å². The third-order valence-electron chi connectivity index (χ3n) is 4.66. The molecule has 2 saturated heterocycles. The van der Waals surface area contributed by atoms with Crippen LogP contribution in [0.1, 0.15) is 6.42 Å². The predicted octanol–water partition coefficient (Wildman–Crippen LogP) is 1.89. The Morgan fingerprint density at radius 2 is 1.90 bits per heavy atom. The molecule has 2 N–H and O–H groups in total. The van der Waals surface area contributed by atoms with Crippen LogP contribution in [0.5, 0.6) is 0 Å². The average molecular weight is 291 g/mol. The number of hydrogen-bond acceptors (Lipinski definition) is 4. The summed E-state index contributed by atoms with van der Waals surface area (Å²) in [5.41, 5.74) is 7.42. The molecule has 0 radical (unpaired) electrons. The standard InChI is InChI=1S/C16H25N3S/c17-12-16(14-6-11-20-13-14)19-9-7-18(8-10-19)15-4-2-1-3-5-15/h1-5,14,16H,6-13,17H2. The van der Waals surface area contributed by atoms with Gasteiger partial charge in [0.15, 0.2) is 0 Å². The summed E-state index contributed by atoms with van der Waals surface area (Å²) in [6, 6.07) is 11.4. The van der Waals surface area contributed by atoms with Crippen LogP contribution in [0.2, 0.25) is 0 Å². The zero-order chi connectivity index (χ0) is 13.8. The number of piperazine rings is 1. The van der Waals surface area contributed by atoms with Crippen LogP contribution in [0.25, 0.3) is 0 Å². The fourth-order valence-corrected chi connectivity index (χ4v) is 4.77. The van der Waals surface area contributed by atoms with E-state index in [1.165, 1.54) is 23.6 Å². The van der Waals surface area contributed by atoms with E-state index in [-0.39, 0.29) is 0 Å². The molecule has 0 bridgehead atoms. The van der Waals surface area contributed by atoms with Crippen molar-refractivity contribution in [2.24, 2.45) is 11.7 Å². The summed E-state index contributed by atoms with van der Waals surface area (Å²) in [4.78, 5) is 5.13. The van der Waals surface area contributed by atoms with Gasteiger partial charge in [-0.2, -0.15) is 11.8 Å². The van der Waals surface area contributed by atoms with E-state index in [9.17, 15) is 0 Å². The van der Waals surface area contributed by atoms with Crippen LogP contribution < -0.4 is 10.6 Å². The van der Waals surface area contributed by atoms with Crippen LogP contribution >= 0.6 is 11.8 Å². The molecule has 1 aromatic carbocycles. The van der Waals surface area contributed by atoms with Gasteiger partial charge in [0.05, 0.1) is 0 Å². The molecule has 4 heteroatoms. The molecule has 2 aliphatic heterocycles. The van der Waals surface area contributed by atoms with Gasteiger partial charge in [-0.15, -0.1) is 0 Å². The van der Waals surface area contributed by atoms with Gasteiger partial charge in [0, 0.05) is 44.5 Å². The van der Waals surface area contributed by atoms with E-state index in [0.29, 0.717) is 6.04 Å². The Morgan fingerprint density at radius 1 is 1.15 bits per heavy atom. The Hall–Kier alpha value is -0.710. The van der Waals surface area contributed by atoms with Crippen LogP contribution in [0.4, 0.5) is 5.69 Å². The van der Waals surface area contributed by atoms with Crippen LogP contribution in [0.3, 0.4) is 0 Å².